The van der Waals surface area contributed by atoms with Crippen molar-refractivity contribution in [2.45, 2.75) is 68.5 Å². The number of ether oxygens (including phenoxy) is 3. The van der Waals surface area contributed by atoms with Gasteiger partial charge in [0.1, 0.15) is 11.9 Å². The van der Waals surface area contributed by atoms with E-state index in [0.29, 0.717) is 100 Å². The Morgan fingerprint density at radius 2 is 1.51 bits per heavy atom. The quantitative estimate of drug-likeness (QED) is 0.103. The van der Waals surface area contributed by atoms with Crippen molar-refractivity contribution in [2.75, 3.05) is 106 Å². The van der Waals surface area contributed by atoms with E-state index in [1.54, 1.807) is 24.3 Å². The molecule has 2 saturated heterocycles. The number of hydrogen-bond acceptors (Lipinski definition) is 11. The van der Waals surface area contributed by atoms with Gasteiger partial charge in [0.2, 0.25) is 10.0 Å². The van der Waals surface area contributed by atoms with Crippen LogP contribution in [-0.2, 0) is 25.9 Å². The molecule has 326 valence electrons. The fourth-order valence-corrected chi connectivity index (χ4v) is 9.26. The van der Waals surface area contributed by atoms with Gasteiger partial charge >= 0.3 is 12.1 Å². The second-order valence-corrected chi connectivity index (χ2v) is 17.7. The number of likely N-dealkylation sites (tertiary alicyclic amines) is 2. The summed E-state index contributed by atoms with van der Waals surface area (Å²) >= 11 is 6.36. The number of unbranched alkanes of at least 4 members (excludes halogenated alkanes) is 1. The monoisotopic (exact) mass is 859 g/mol. The van der Waals surface area contributed by atoms with Crippen LogP contribution >= 0.6 is 11.6 Å². The standard InChI is InChI=1S/C41H62ClN9O7S/c1-30-24-34(8-9-38(30)58-39-36-26-32(42)25-31(28-43)35(36)27-37(39)49(2)3)59(54,55)48-33-10-17-51(29-33)19-23-57-21-14-47-41(53)45-12-5-4-11-44-40(52)46-13-20-56-22-18-50-15-6-7-16-50/h8-9,24-26,33,37,39,48H,4-7,10-23,27,29H2,1-3H3,(H2,44,46,52)(H2,45,47,53)/t33-,37-,39-/m0/s1. The van der Waals surface area contributed by atoms with Crippen LogP contribution in [0.2, 0.25) is 5.02 Å². The largest absolute Gasteiger partial charge is 0.484 e. The summed E-state index contributed by atoms with van der Waals surface area (Å²) in [4.78, 5) is 30.8. The number of rotatable bonds is 23. The molecule has 1 aliphatic carbocycles. The van der Waals surface area contributed by atoms with Crippen LogP contribution in [0.25, 0.3) is 0 Å². The molecule has 2 aromatic carbocycles. The second kappa shape index (κ2) is 23.3. The minimum Gasteiger partial charge on any atom is -0.484 e. The van der Waals surface area contributed by atoms with Gasteiger partial charge in [-0.3, -0.25) is 4.90 Å². The summed E-state index contributed by atoms with van der Waals surface area (Å²) in [6.07, 6.45) is 4.95. The van der Waals surface area contributed by atoms with Gasteiger partial charge in [-0.25, -0.2) is 22.7 Å². The van der Waals surface area contributed by atoms with E-state index < -0.39 is 10.0 Å². The third-order valence-electron chi connectivity index (χ3n) is 10.9. The van der Waals surface area contributed by atoms with Crippen LogP contribution in [0, 0.1) is 18.3 Å². The number of fused-ring (bicyclic) bond motifs is 1. The Hall–Kier alpha value is -3.73. The molecular formula is C41H62ClN9O7S. The molecule has 2 aromatic rings. The molecule has 4 amide bonds. The van der Waals surface area contributed by atoms with Crippen LogP contribution in [0.15, 0.2) is 35.2 Å². The van der Waals surface area contributed by atoms with Crippen LogP contribution in [0.3, 0.4) is 0 Å². The van der Waals surface area contributed by atoms with E-state index in [2.05, 4.69) is 46.8 Å². The lowest BCUT2D eigenvalue weighted by Crippen LogP contribution is -2.39. The summed E-state index contributed by atoms with van der Waals surface area (Å²) in [5.41, 5.74) is 3.02. The molecule has 2 aliphatic heterocycles. The number of amides is 4. The predicted octanol–water partition coefficient (Wildman–Crippen LogP) is 2.99. The summed E-state index contributed by atoms with van der Waals surface area (Å²) < 4.78 is 47.5. The first-order valence-electron chi connectivity index (χ1n) is 20.8. The van der Waals surface area contributed by atoms with Gasteiger partial charge in [0.25, 0.3) is 0 Å². The third kappa shape index (κ3) is 14.5. The second-order valence-electron chi connectivity index (χ2n) is 15.6. The van der Waals surface area contributed by atoms with Gasteiger partial charge in [0.15, 0.2) is 0 Å². The molecule has 0 aromatic heterocycles. The average molecular weight is 861 g/mol. The van der Waals surface area contributed by atoms with E-state index in [1.165, 1.54) is 12.8 Å². The number of aryl methyl sites for hydroxylation is 1. The molecule has 2 fully saturated rings. The maximum absolute atomic E-state index is 13.4. The highest BCUT2D eigenvalue weighted by Crippen LogP contribution is 2.41. The smallest absolute Gasteiger partial charge is 0.314 e. The number of urea groups is 2. The molecule has 5 rings (SSSR count). The van der Waals surface area contributed by atoms with Crippen molar-refractivity contribution in [1.29, 1.82) is 5.26 Å². The summed E-state index contributed by atoms with van der Waals surface area (Å²) in [6, 6.07) is 9.92. The molecule has 0 radical (unpaired) electrons. The lowest BCUT2D eigenvalue weighted by Gasteiger charge is -2.28. The van der Waals surface area contributed by atoms with Gasteiger partial charge in [0, 0.05) is 56.9 Å². The van der Waals surface area contributed by atoms with Crippen molar-refractivity contribution in [3.8, 4) is 11.8 Å². The number of sulfonamides is 1. The number of halogens is 1. The summed E-state index contributed by atoms with van der Waals surface area (Å²) in [5.74, 6) is 0.568. The SMILES string of the molecule is Cc1cc(S(=O)(=O)N[C@H]2CCN(CCOCCNC(=O)NCCCCNC(=O)NCCOCCN3CCCC3)C2)ccc1O[C@H]1c2cc(Cl)cc(C#N)c2C[C@@H]1N(C)C. The first-order chi connectivity index (χ1) is 28.4. The van der Waals surface area contributed by atoms with Crippen LogP contribution in [0.4, 0.5) is 9.59 Å². The third-order valence-corrected chi connectivity index (χ3v) is 12.7. The Morgan fingerprint density at radius 3 is 2.12 bits per heavy atom. The average Bonchev–Trinajstić information content (AvgIpc) is 3.97. The Bertz CT molecular complexity index is 1840. The molecule has 0 saturated carbocycles. The number of nitrogens with zero attached hydrogens (tertiary/aromatic N) is 4. The molecule has 59 heavy (non-hydrogen) atoms. The molecule has 18 heteroatoms. The summed E-state index contributed by atoms with van der Waals surface area (Å²) in [5, 5.41) is 21.4. The van der Waals surface area contributed by atoms with Crippen molar-refractivity contribution < 1.29 is 32.2 Å². The minimum atomic E-state index is -3.78. The van der Waals surface area contributed by atoms with Gasteiger partial charge in [-0.1, -0.05) is 11.6 Å². The Morgan fingerprint density at radius 1 is 0.881 bits per heavy atom. The zero-order valence-electron chi connectivity index (χ0n) is 34.7. The van der Waals surface area contributed by atoms with Crippen LogP contribution < -0.4 is 30.7 Å². The molecule has 5 N–H and O–H groups in total. The number of likely N-dealkylation sites (N-methyl/N-ethyl adjacent to an activating group) is 1. The van der Waals surface area contributed by atoms with Crippen molar-refractivity contribution in [2.24, 2.45) is 0 Å². The zero-order valence-corrected chi connectivity index (χ0v) is 36.3. The maximum atomic E-state index is 13.4. The van der Waals surface area contributed by atoms with E-state index in [0.717, 1.165) is 50.1 Å². The van der Waals surface area contributed by atoms with Gasteiger partial charge < -0.3 is 45.3 Å². The van der Waals surface area contributed by atoms with Gasteiger partial charge in [-0.15, -0.1) is 0 Å². The van der Waals surface area contributed by atoms with Crippen LogP contribution in [0.1, 0.15) is 60.5 Å². The number of nitrogens with one attached hydrogen (secondary N) is 5. The van der Waals surface area contributed by atoms with E-state index >= 15 is 0 Å². The van der Waals surface area contributed by atoms with Gasteiger partial charge in [-0.05, 0) is 126 Å². The van der Waals surface area contributed by atoms with Gasteiger partial charge in [-0.2, -0.15) is 5.26 Å². The number of nitriles is 1. The number of carbonyl (C=O) groups excluding carboxylic acids is 2. The number of benzene rings is 2. The number of hydrogen-bond donors (Lipinski definition) is 5. The van der Waals surface area contributed by atoms with Crippen LogP contribution in [0.5, 0.6) is 5.75 Å². The lowest BCUT2D eigenvalue weighted by atomic mass is 10.0. The molecule has 16 nitrogen and oxygen atoms in total. The van der Waals surface area contributed by atoms with Crippen molar-refractivity contribution in [3.05, 3.63) is 57.6 Å². The molecular weight excluding hydrogens is 798 g/mol. The lowest BCUT2D eigenvalue weighted by molar-refractivity contribution is 0.110. The Balaban J connectivity index is 0.898. The highest BCUT2D eigenvalue weighted by molar-refractivity contribution is 7.89. The maximum Gasteiger partial charge on any atom is 0.314 e. The minimum absolute atomic E-state index is 0.0252. The Kier molecular flexibility index (Phi) is 18.3. The van der Waals surface area contributed by atoms with E-state index in [4.69, 9.17) is 25.8 Å². The van der Waals surface area contributed by atoms with Crippen LogP contribution in [-0.4, -0.2) is 153 Å². The molecule has 3 atom stereocenters. The molecule has 0 spiro atoms. The molecule has 0 unspecified atom stereocenters. The zero-order chi connectivity index (χ0) is 42.2. The summed E-state index contributed by atoms with van der Waals surface area (Å²) in [7, 11) is 0.160. The topological polar surface area (TPSA) is 190 Å². The number of carbonyl (C=O) groups is 2. The van der Waals surface area contributed by atoms with E-state index in [-0.39, 0.29) is 35.1 Å². The van der Waals surface area contributed by atoms with E-state index in [9.17, 15) is 23.3 Å². The van der Waals surface area contributed by atoms with Crippen molar-refractivity contribution >= 4 is 33.7 Å². The predicted molar refractivity (Wildman–Crippen MR) is 226 cm³/mol. The molecule has 3 aliphatic rings. The molecule has 0 bridgehead atoms. The van der Waals surface area contributed by atoms with Gasteiger partial charge in [0.05, 0.1) is 49.0 Å². The molecule has 2 heterocycles. The van der Waals surface area contributed by atoms with Crippen molar-refractivity contribution in [3.63, 3.8) is 0 Å². The first-order valence-corrected chi connectivity index (χ1v) is 22.6. The Labute approximate surface area is 354 Å². The highest BCUT2D eigenvalue weighted by atomic mass is 35.5. The van der Waals surface area contributed by atoms with E-state index in [1.807, 2.05) is 27.1 Å². The summed E-state index contributed by atoms with van der Waals surface area (Å²) in [6.45, 7) is 10.9. The highest BCUT2D eigenvalue weighted by Gasteiger charge is 2.38. The first kappa shape index (κ1) is 46.3. The fraction of sp³-hybridized carbons (Fsp3) is 0.634. The fourth-order valence-electron chi connectivity index (χ4n) is 7.69. The normalized spacial score (nSPS) is 19.4. The van der Waals surface area contributed by atoms with Crippen molar-refractivity contribution in [1.82, 2.24) is 40.7 Å².